The summed E-state index contributed by atoms with van der Waals surface area (Å²) in [5, 5.41) is 36.8. The van der Waals surface area contributed by atoms with Crippen LogP contribution in [0, 0.1) is 0 Å². The van der Waals surface area contributed by atoms with Gasteiger partial charge in [-0.3, -0.25) is 14.7 Å². The van der Waals surface area contributed by atoms with E-state index in [2.05, 4.69) is 21.6 Å². The zero-order valence-corrected chi connectivity index (χ0v) is 17.9. The second-order valence-corrected chi connectivity index (χ2v) is 7.05. The van der Waals surface area contributed by atoms with Crippen LogP contribution in [-0.4, -0.2) is 152 Å². The van der Waals surface area contributed by atoms with E-state index in [9.17, 15) is 10.2 Å². The van der Waals surface area contributed by atoms with E-state index in [1.807, 2.05) is 4.90 Å². The van der Waals surface area contributed by atoms with E-state index in [-0.39, 0.29) is 26.4 Å². The van der Waals surface area contributed by atoms with Gasteiger partial charge in [-0.05, 0) is 13.0 Å². The van der Waals surface area contributed by atoms with Crippen molar-refractivity contribution in [2.24, 2.45) is 5.73 Å². The summed E-state index contributed by atoms with van der Waals surface area (Å²) in [4.78, 5) is 8.88. The highest BCUT2D eigenvalue weighted by molar-refractivity contribution is 4.68. The van der Waals surface area contributed by atoms with Gasteiger partial charge >= 0.3 is 0 Å². The third-order valence-electron chi connectivity index (χ3n) is 4.85. The van der Waals surface area contributed by atoms with Gasteiger partial charge in [-0.25, -0.2) is 0 Å². The van der Waals surface area contributed by atoms with Crippen LogP contribution >= 0.6 is 0 Å². The first-order valence-electron chi connectivity index (χ1n) is 10.7. The smallest absolute Gasteiger partial charge is 0.0558 e. The molecule has 0 aromatic carbocycles. The van der Waals surface area contributed by atoms with E-state index < -0.39 is 0 Å². The van der Waals surface area contributed by atoms with Gasteiger partial charge in [0, 0.05) is 78.5 Å². The molecule has 0 heterocycles. The zero-order valence-electron chi connectivity index (χ0n) is 17.9. The Balaban J connectivity index is 4.49. The fourth-order valence-corrected chi connectivity index (χ4v) is 3.25. The molecule has 6 N–H and O–H groups in total. The van der Waals surface area contributed by atoms with Crippen molar-refractivity contribution in [3.63, 3.8) is 0 Å². The average molecular weight is 408 g/mol. The predicted molar refractivity (Wildman–Crippen MR) is 113 cm³/mol. The van der Waals surface area contributed by atoms with Gasteiger partial charge in [0.05, 0.1) is 26.4 Å². The molecule has 0 radical (unpaired) electrons. The third kappa shape index (κ3) is 14.6. The summed E-state index contributed by atoms with van der Waals surface area (Å²) in [5.74, 6) is 0. The molecular formula is C19H45N5O4. The summed E-state index contributed by atoms with van der Waals surface area (Å²) in [7, 11) is 0. The molecule has 0 aliphatic rings. The molecule has 0 saturated carbocycles. The molecular weight excluding hydrogens is 362 g/mol. The zero-order chi connectivity index (χ0) is 21.0. The van der Waals surface area contributed by atoms with E-state index >= 15 is 0 Å². The Labute approximate surface area is 171 Å². The summed E-state index contributed by atoms with van der Waals surface area (Å²) in [5.41, 5.74) is 5.65. The van der Waals surface area contributed by atoms with Crippen LogP contribution in [0.5, 0.6) is 0 Å². The number of aliphatic hydroxyl groups excluding tert-OH is 4. The van der Waals surface area contributed by atoms with Gasteiger partial charge in [0.2, 0.25) is 0 Å². The Morgan fingerprint density at radius 1 is 0.464 bits per heavy atom. The van der Waals surface area contributed by atoms with Crippen LogP contribution in [0.15, 0.2) is 0 Å². The summed E-state index contributed by atoms with van der Waals surface area (Å²) >= 11 is 0. The van der Waals surface area contributed by atoms with E-state index in [4.69, 9.17) is 15.9 Å². The molecule has 0 bridgehead atoms. The lowest BCUT2D eigenvalue weighted by atomic mass is 10.3. The van der Waals surface area contributed by atoms with Gasteiger partial charge in [-0.1, -0.05) is 6.92 Å². The first-order chi connectivity index (χ1) is 13.6. The largest absolute Gasteiger partial charge is 0.395 e. The molecule has 0 atom stereocenters. The van der Waals surface area contributed by atoms with Crippen molar-refractivity contribution in [3.8, 4) is 0 Å². The first kappa shape index (κ1) is 27.6. The van der Waals surface area contributed by atoms with Crippen molar-refractivity contribution in [1.82, 2.24) is 19.6 Å². The number of nitrogens with zero attached hydrogens (tertiary/aromatic N) is 4. The SMILES string of the molecule is CCCN(CCN(CCN)CCO)CCN(CCO)CCN(CCO)CCO. The van der Waals surface area contributed by atoms with Crippen LogP contribution in [0.3, 0.4) is 0 Å². The minimum absolute atomic E-state index is 0.0808. The molecule has 0 fully saturated rings. The Morgan fingerprint density at radius 2 is 0.750 bits per heavy atom. The lowest BCUT2D eigenvalue weighted by Crippen LogP contribution is -2.44. The summed E-state index contributed by atoms with van der Waals surface area (Å²) < 4.78 is 0. The number of hydrogen-bond donors (Lipinski definition) is 5. The molecule has 0 unspecified atom stereocenters. The Hall–Kier alpha value is -0.360. The second-order valence-electron chi connectivity index (χ2n) is 7.05. The molecule has 28 heavy (non-hydrogen) atoms. The molecule has 0 aliphatic heterocycles. The van der Waals surface area contributed by atoms with E-state index in [0.717, 1.165) is 58.8 Å². The van der Waals surface area contributed by atoms with Crippen molar-refractivity contribution in [2.45, 2.75) is 13.3 Å². The minimum Gasteiger partial charge on any atom is -0.395 e. The number of aliphatic hydroxyl groups is 4. The Kier molecular flexibility index (Phi) is 19.7. The number of hydrogen-bond acceptors (Lipinski definition) is 9. The van der Waals surface area contributed by atoms with Crippen LogP contribution < -0.4 is 5.73 Å². The highest BCUT2D eigenvalue weighted by Gasteiger charge is 2.12. The molecule has 9 nitrogen and oxygen atoms in total. The average Bonchev–Trinajstić information content (AvgIpc) is 2.68. The van der Waals surface area contributed by atoms with Crippen LogP contribution in [0.4, 0.5) is 0 Å². The lowest BCUT2D eigenvalue weighted by Gasteiger charge is -2.30. The van der Waals surface area contributed by atoms with Gasteiger partial charge < -0.3 is 31.1 Å². The molecule has 0 rings (SSSR count). The highest BCUT2D eigenvalue weighted by Crippen LogP contribution is 1.98. The van der Waals surface area contributed by atoms with Gasteiger partial charge in [0.1, 0.15) is 0 Å². The first-order valence-corrected chi connectivity index (χ1v) is 10.7. The maximum absolute atomic E-state index is 9.38. The van der Waals surface area contributed by atoms with E-state index in [1.165, 1.54) is 0 Å². The van der Waals surface area contributed by atoms with Crippen LogP contribution in [0.1, 0.15) is 13.3 Å². The van der Waals surface area contributed by atoms with Crippen molar-refractivity contribution in [3.05, 3.63) is 0 Å². The maximum atomic E-state index is 9.38. The fourth-order valence-electron chi connectivity index (χ4n) is 3.25. The third-order valence-corrected chi connectivity index (χ3v) is 4.85. The van der Waals surface area contributed by atoms with Crippen molar-refractivity contribution >= 4 is 0 Å². The maximum Gasteiger partial charge on any atom is 0.0558 e. The van der Waals surface area contributed by atoms with Gasteiger partial charge in [0.15, 0.2) is 0 Å². The topological polar surface area (TPSA) is 120 Å². The quantitative estimate of drug-likeness (QED) is 0.141. The van der Waals surface area contributed by atoms with Gasteiger partial charge in [-0.15, -0.1) is 0 Å². The van der Waals surface area contributed by atoms with Crippen LogP contribution in [-0.2, 0) is 0 Å². The van der Waals surface area contributed by atoms with E-state index in [0.29, 0.717) is 32.7 Å². The lowest BCUT2D eigenvalue weighted by molar-refractivity contribution is 0.121. The summed E-state index contributed by atoms with van der Waals surface area (Å²) in [6, 6.07) is 0. The highest BCUT2D eigenvalue weighted by atomic mass is 16.3. The minimum atomic E-state index is 0.0808. The normalized spacial score (nSPS) is 12.2. The molecule has 9 heteroatoms. The van der Waals surface area contributed by atoms with Gasteiger partial charge in [-0.2, -0.15) is 0 Å². The molecule has 0 saturated heterocycles. The molecule has 0 amide bonds. The summed E-state index contributed by atoms with van der Waals surface area (Å²) in [6.07, 6.45) is 1.08. The second kappa shape index (κ2) is 19.9. The van der Waals surface area contributed by atoms with Crippen molar-refractivity contribution < 1.29 is 20.4 Å². The Bertz CT molecular complexity index is 287. The molecule has 170 valence electrons. The van der Waals surface area contributed by atoms with Crippen LogP contribution in [0.2, 0.25) is 0 Å². The summed E-state index contributed by atoms with van der Waals surface area (Å²) in [6.45, 7) is 12.5. The van der Waals surface area contributed by atoms with Crippen molar-refractivity contribution in [1.29, 1.82) is 0 Å². The number of rotatable bonds is 21. The molecule has 0 spiro atoms. The molecule has 0 aliphatic carbocycles. The van der Waals surface area contributed by atoms with Gasteiger partial charge in [0.25, 0.3) is 0 Å². The van der Waals surface area contributed by atoms with E-state index in [1.54, 1.807) is 0 Å². The van der Waals surface area contributed by atoms with Crippen molar-refractivity contribution in [2.75, 3.05) is 112 Å². The number of nitrogens with two attached hydrogens (primary N) is 1. The van der Waals surface area contributed by atoms with Crippen LogP contribution in [0.25, 0.3) is 0 Å². The Morgan fingerprint density at radius 3 is 1.04 bits per heavy atom. The fraction of sp³-hybridized carbons (Fsp3) is 1.00. The standard InChI is InChI=1S/C19H45N5O4/c1-2-4-21(6-8-22(5-3-20)12-16-25)7-9-23(13-17-26)10-11-24(14-18-27)15-19-28/h25-28H,2-20H2,1H3. The molecule has 0 aromatic rings. The molecule has 0 aromatic heterocycles. The monoisotopic (exact) mass is 407 g/mol. The predicted octanol–water partition coefficient (Wildman–Crippen LogP) is -2.47.